The third kappa shape index (κ3) is 5.31. The molecule has 0 fully saturated rings. The van der Waals surface area contributed by atoms with Gasteiger partial charge < -0.3 is 4.57 Å². The fourth-order valence-corrected chi connectivity index (χ4v) is 6.11. The Morgan fingerprint density at radius 1 is 1.13 bits per heavy atom. The van der Waals surface area contributed by atoms with Crippen LogP contribution in [0.25, 0.3) is 5.69 Å². The van der Waals surface area contributed by atoms with Crippen molar-refractivity contribution in [3.8, 4) is 5.69 Å². The molecule has 0 radical (unpaired) electrons. The highest BCUT2D eigenvalue weighted by molar-refractivity contribution is 8.00. The summed E-state index contributed by atoms with van der Waals surface area (Å²) in [7, 11) is -4.23. The van der Waals surface area contributed by atoms with Gasteiger partial charge in [-0.2, -0.15) is 0 Å². The van der Waals surface area contributed by atoms with Gasteiger partial charge in [-0.25, -0.2) is 18.1 Å². The highest BCUT2D eigenvalue weighted by atomic mass is 35.5. The first-order chi connectivity index (χ1) is 14.1. The van der Waals surface area contributed by atoms with Crippen molar-refractivity contribution in [2.24, 2.45) is 0 Å². The lowest BCUT2D eigenvalue weighted by Crippen LogP contribution is -2.31. The van der Waals surface area contributed by atoms with Crippen LogP contribution in [0.1, 0.15) is 24.3 Å². The molecule has 0 aliphatic rings. The summed E-state index contributed by atoms with van der Waals surface area (Å²) in [6, 6.07) is 9.60. The summed E-state index contributed by atoms with van der Waals surface area (Å²) in [6.45, 7) is 3.85. The number of hydrogen-bond acceptors (Lipinski definition) is 5. The normalized spacial score (nSPS) is 11.7. The molecule has 30 heavy (non-hydrogen) atoms. The van der Waals surface area contributed by atoms with Crippen molar-refractivity contribution in [1.29, 1.82) is 0 Å². The fraction of sp³-hybridized carbons (Fsp3) is 0.158. The second kappa shape index (κ2) is 9.20. The monoisotopic (exact) mass is 503 g/mol. The number of imidazole rings is 1. The Kier molecular flexibility index (Phi) is 7.04. The number of thioether (sulfide) groups is 1. The van der Waals surface area contributed by atoms with Gasteiger partial charge in [-0.05, 0) is 30.3 Å². The van der Waals surface area contributed by atoms with Gasteiger partial charge in [0.1, 0.15) is 16.9 Å². The van der Waals surface area contributed by atoms with Gasteiger partial charge in [-0.15, -0.1) is 11.8 Å². The van der Waals surface area contributed by atoms with Gasteiger partial charge in [0.2, 0.25) is 0 Å². The number of carbonyl (C=O) groups excluding carboxylic acids is 1. The zero-order chi connectivity index (χ0) is 22.1. The third-order valence-electron chi connectivity index (χ3n) is 3.75. The number of carbonyl (C=O) groups is 1. The van der Waals surface area contributed by atoms with Crippen LogP contribution in [0.3, 0.4) is 0 Å². The SMILES string of the molecule is CC(C)Sc1cccc(Cl)c1S(=O)(=O)NC(=O)c1cn(-c2cc(Cl)cc(Cl)c2)cn1. The molecular formula is C19H16Cl3N3O3S2. The molecule has 0 bridgehead atoms. The lowest BCUT2D eigenvalue weighted by atomic mass is 10.3. The van der Waals surface area contributed by atoms with Crippen LogP contribution in [-0.2, 0) is 10.0 Å². The zero-order valence-corrected chi connectivity index (χ0v) is 19.7. The molecule has 1 amide bonds. The van der Waals surface area contributed by atoms with Gasteiger partial charge in [0.25, 0.3) is 15.9 Å². The topological polar surface area (TPSA) is 81.1 Å². The summed E-state index contributed by atoms with van der Waals surface area (Å²) in [6.07, 6.45) is 2.74. The summed E-state index contributed by atoms with van der Waals surface area (Å²) in [5.74, 6) is -0.887. The standard InChI is InChI=1S/C19H16Cl3N3O3S2/c1-11(2)29-17-5-3-4-15(22)18(17)30(27,28)24-19(26)16-9-25(10-23-16)14-7-12(20)6-13(21)8-14/h3-11H,1-2H3,(H,24,26). The van der Waals surface area contributed by atoms with E-state index in [1.807, 2.05) is 18.6 Å². The molecule has 0 saturated heterocycles. The fourth-order valence-electron chi connectivity index (χ4n) is 2.59. The first-order valence-corrected chi connectivity index (χ1v) is 12.1. The van der Waals surface area contributed by atoms with Crippen molar-refractivity contribution >= 4 is 62.5 Å². The average Bonchev–Trinajstić information content (AvgIpc) is 3.10. The highest BCUT2D eigenvalue weighted by Gasteiger charge is 2.26. The van der Waals surface area contributed by atoms with E-state index >= 15 is 0 Å². The van der Waals surface area contributed by atoms with E-state index < -0.39 is 15.9 Å². The van der Waals surface area contributed by atoms with E-state index in [1.54, 1.807) is 30.3 Å². The number of nitrogens with zero attached hydrogens (tertiary/aromatic N) is 2. The average molecular weight is 505 g/mol. The molecule has 158 valence electrons. The second-order valence-electron chi connectivity index (χ2n) is 6.46. The maximum Gasteiger partial charge on any atom is 0.285 e. The third-order valence-corrected chi connectivity index (χ3v) is 7.24. The quantitative estimate of drug-likeness (QED) is 0.451. The summed E-state index contributed by atoms with van der Waals surface area (Å²) >= 11 is 19.5. The van der Waals surface area contributed by atoms with Crippen molar-refractivity contribution in [2.45, 2.75) is 28.9 Å². The number of benzene rings is 2. The van der Waals surface area contributed by atoms with E-state index in [9.17, 15) is 13.2 Å². The first-order valence-electron chi connectivity index (χ1n) is 8.59. The van der Waals surface area contributed by atoms with E-state index in [2.05, 4.69) is 4.98 Å². The predicted molar refractivity (Wildman–Crippen MR) is 121 cm³/mol. The summed E-state index contributed by atoms with van der Waals surface area (Å²) in [4.78, 5) is 16.9. The van der Waals surface area contributed by atoms with Crippen molar-refractivity contribution in [2.75, 3.05) is 0 Å². The maximum atomic E-state index is 12.9. The summed E-state index contributed by atoms with van der Waals surface area (Å²) in [5.41, 5.74) is 0.475. The van der Waals surface area contributed by atoms with E-state index in [1.165, 1.54) is 34.9 Å². The number of halogens is 3. The van der Waals surface area contributed by atoms with Crippen LogP contribution in [-0.4, -0.2) is 29.1 Å². The molecule has 0 atom stereocenters. The summed E-state index contributed by atoms with van der Waals surface area (Å²) < 4.78 is 29.4. The summed E-state index contributed by atoms with van der Waals surface area (Å²) in [5, 5.41) is 0.968. The molecule has 0 aliphatic heterocycles. The van der Waals surface area contributed by atoms with Crippen molar-refractivity contribution in [3.63, 3.8) is 0 Å². The van der Waals surface area contributed by atoms with E-state index in [4.69, 9.17) is 34.8 Å². The minimum Gasteiger partial charge on any atom is -0.305 e. The van der Waals surface area contributed by atoms with Gasteiger partial charge in [0, 0.05) is 32.1 Å². The molecule has 0 aliphatic carbocycles. The number of sulfonamides is 1. The lowest BCUT2D eigenvalue weighted by molar-refractivity contribution is 0.0977. The minimum atomic E-state index is -4.23. The number of nitrogens with one attached hydrogen (secondary N) is 1. The highest BCUT2D eigenvalue weighted by Crippen LogP contribution is 2.34. The number of rotatable bonds is 6. The van der Waals surface area contributed by atoms with E-state index in [-0.39, 0.29) is 20.9 Å². The van der Waals surface area contributed by atoms with Crippen LogP contribution in [0.2, 0.25) is 15.1 Å². The van der Waals surface area contributed by atoms with Gasteiger partial charge in [0.15, 0.2) is 0 Å². The van der Waals surface area contributed by atoms with Crippen LogP contribution in [0.4, 0.5) is 0 Å². The Labute approximate surface area is 193 Å². The molecule has 11 heteroatoms. The maximum absolute atomic E-state index is 12.9. The molecule has 3 aromatic rings. The molecule has 0 unspecified atom stereocenters. The molecule has 1 heterocycles. The van der Waals surface area contributed by atoms with Crippen molar-refractivity contribution < 1.29 is 13.2 Å². The molecule has 1 aromatic heterocycles. The molecule has 2 aromatic carbocycles. The lowest BCUT2D eigenvalue weighted by Gasteiger charge is -2.13. The van der Waals surface area contributed by atoms with E-state index in [0.29, 0.717) is 20.6 Å². The second-order valence-corrected chi connectivity index (χ2v) is 11.0. The van der Waals surface area contributed by atoms with Crippen molar-refractivity contribution in [1.82, 2.24) is 14.3 Å². The number of hydrogen-bond donors (Lipinski definition) is 1. The van der Waals surface area contributed by atoms with E-state index in [0.717, 1.165) is 0 Å². The first kappa shape index (κ1) is 23.0. The van der Waals surface area contributed by atoms with Gasteiger partial charge in [-0.1, -0.05) is 54.7 Å². The molecular weight excluding hydrogens is 489 g/mol. The molecule has 3 rings (SSSR count). The van der Waals surface area contributed by atoms with Gasteiger partial charge in [0.05, 0.1) is 5.02 Å². The van der Waals surface area contributed by atoms with Gasteiger partial charge >= 0.3 is 0 Å². The molecule has 6 nitrogen and oxygen atoms in total. The smallest absolute Gasteiger partial charge is 0.285 e. The largest absolute Gasteiger partial charge is 0.305 e. The van der Waals surface area contributed by atoms with Crippen LogP contribution < -0.4 is 4.72 Å². The van der Waals surface area contributed by atoms with Crippen molar-refractivity contribution in [3.05, 3.63) is 69.7 Å². The Hall–Kier alpha value is -1.71. The molecule has 0 spiro atoms. The molecule has 1 N–H and O–H groups in total. The zero-order valence-electron chi connectivity index (χ0n) is 15.8. The van der Waals surface area contributed by atoms with Crippen LogP contribution >= 0.6 is 46.6 Å². The predicted octanol–water partition coefficient (Wildman–Crippen LogP) is 5.45. The minimum absolute atomic E-state index is 0.0278. The van der Waals surface area contributed by atoms with Crippen LogP contribution in [0.15, 0.2) is 58.7 Å². The Bertz CT molecular complexity index is 1190. The van der Waals surface area contributed by atoms with Crippen LogP contribution in [0, 0.1) is 0 Å². The Balaban J connectivity index is 1.89. The van der Waals surface area contributed by atoms with Crippen LogP contribution in [0.5, 0.6) is 0 Å². The Morgan fingerprint density at radius 2 is 1.80 bits per heavy atom. The number of aromatic nitrogens is 2. The van der Waals surface area contributed by atoms with Gasteiger partial charge in [-0.3, -0.25) is 4.79 Å². The molecule has 0 saturated carbocycles. The number of amides is 1. The Morgan fingerprint density at radius 3 is 2.43 bits per heavy atom.